The molecule has 0 spiro atoms. The number of aromatic nitrogens is 3. The Labute approximate surface area is 108 Å². The van der Waals surface area contributed by atoms with Crippen molar-refractivity contribution in [2.75, 3.05) is 20.3 Å². The highest BCUT2D eigenvalue weighted by Crippen LogP contribution is 2.17. The van der Waals surface area contributed by atoms with E-state index >= 15 is 0 Å². The Hall–Kier alpha value is -2.48. The van der Waals surface area contributed by atoms with E-state index in [1.165, 1.54) is 13.3 Å². The first-order chi connectivity index (χ1) is 9.24. The van der Waals surface area contributed by atoms with E-state index in [1.54, 1.807) is 18.3 Å². The first-order valence-electron chi connectivity index (χ1n) is 5.51. The molecule has 1 N–H and O–H groups in total. The minimum Gasteiger partial charge on any atom is -0.383 e. The number of ether oxygens (including phenoxy) is 1. The fraction of sp³-hybridized carbons (Fsp3) is 0.273. The van der Waals surface area contributed by atoms with E-state index in [0.717, 1.165) is 0 Å². The average Bonchev–Trinajstić information content (AvgIpc) is 2.82. The SMILES string of the molecule is COCCNC(=O)c1c(-c2cccnc2)no[n+]1[O-]. The Morgan fingerprint density at radius 1 is 1.63 bits per heavy atom. The summed E-state index contributed by atoms with van der Waals surface area (Å²) in [4.78, 5) is 15.9. The van der Waals surface area contributed by atoms with Gasteiger partial charge in [0, 0.05) is 31.2 Å². The molecule has 0 fully saturated rings. The van der Waals surface area contributed by atoms with Crippen molar-refractivity contribution in [1.82, 2.24) is 15.5 Å². The van der Waals surface area contributed by atoms with Crippen LogP contribution in [0.4, 0.5) is 0 Å². The first kappa shape index (κ1) is 13.0. The number of hydrogen-bond donors (Lipinski definition) is 1. The average molecular weight is 264 g/mol. The van der Waals surface area contributed by atoms with Crippen LogP contribution in [-0.4, -0.2) is 36.3 Å². The van der Waals surface area contributed by atoms with E-state index in [2.05, 4.69) is 20.1 Å². The molecule has 8 heteroatoms. The van der Waals surface area contributed by atoms with Gasteiger partial charge >= 0.3 is 0 Å². The molecular formula is C11H12N4O4. The zero-order valence-electron chi connectivity index (χ0n) is 10.2. The van der Waals surface area contributed by atoms with Crippen molar-refractivity contribution >= 4 is 5.91 Å². The van der Waals surface area contributed by atoms with Gasteiger partial charge in [0.15, 0.2) is 0 Å². The number of carbonyl (C=O) groups is 1. The molecule has 0 aliphatic heterocycles. The Bertz CT molecular complexity index is 555. The summed E-state index contributed by atoms with van der Waals surface area (Å²) in [7, 11) is 1.51. The van der Waals surface area contributed by atoms with Crippen LogP contribution in [0.2, 0.25) is 0 Å². The highest BCUT2D eigenvalue weighted by Gasteiger charge is 2.27. The normalized spacial score (nSPS) is 10.4. The predicted molar refractivity (Wildman–Crippen MR) is 62.9 cm³/mol. The van der Waals surface area contributed by atoms with Crippen LogP contribution in [0.15, 0.2) is 29.2 Å². The third-order valence-corrected chi connectivity index (χ3v) is 2.35. The Morgan fingerprint density at radius 2 is 2.47 bits per heavy atom. The number of carbonyl (C=O) groups excluding carboxylic acids is 1. The van der Waals surface area contributed by atoms with E-state index in [0.29, 0.717) is 12.2 Å². The van der Waals surface area contributed by atoms with Gasteiger partial charge in [0.05, 0.1) is 12.2 Å². The first-order valence-corrected chi connectivity index (χ1v) is 5.51. The molecular weight excluding hydrogens is 252 g/mol. The highest BCUT2D eigenvalue weighted by atomic mass is 16.8. The fourth-order valence-electron chi connectivity index (χ4n) is 1.48. The molecule has 0 radical (unpaired) electrons. The van der Waals surface area contributed by atoms with Crippen molar-refractivity contribution < 1.29 is 19.1 Å². The van der Waals surface area contributed by atoms with Gasteiger partial charge in [0.1, 0.15) is 0 Å². The van der Waals surface area contributed by atoms with Gasteiger partial charge in [-0.05, 0) is 17.0 Å². The molecule has 2 aromatic rings. The van der Waals surface area contributed by atoms with E-state index in [9.17, 15) is 10.0 Å². The molecule has 0 aromatic carbocycles. The lowest BCUT2D eigenvalue weighted by atomic mass is 10.1. The van der Waals surface area contributed by atoms with Gasteiger partial charge in [-0.25, -0.2) is 0 Å². The van der Waals surface area contributed by atoms with Crippen molar-refractivity contribution in [2.45, 2.75) is 0 Å². The quantitative estimate of drug-likeness (QED) is 0.589. The van der Waals surface area contributed by atoms with Crippen molar-refractivity contribution in [3.8, 4) is 11.3 Å². The maximum atomic E-state index is 11.9. The van der Waals surface area contributed by atoms with Gasteiger partial charge in [-0.3, -0.25) is 14.4 Å². The van der Waals surface area contributed by atoms with Crippen molar-refractivity contribution in [3.05, 3.63) is 35.4 Å². The molecule has 0 saturated carbocycles. The van der Waals surface area contributed by atoms with E-state index in [-0.39, 0.29) is 22.8 Å². The zero-order valence-corrected chi connectivity index (χ0v) is 10.2. The van der Waals surface area contributed by atoms with Gasteiger partial charge in [0.25, 0.3) is 17.3 Å². The number of nitrogens with one attached hydrogen (secondary N) is 1. The van der Waals surface area contributed by atoms with Crippen LogP contribution in [0.5, 0.6) is 0 Å². The van der Waals surface area contributed by atoms with Crippen molar-refractivity contribution in [1.29, 1.82) is 0 Å². The zero-order chi connectivity index (χ0) is 13.7. The van der Waals surface area contributed by atoms with Crippen molar-refractivity contribution in [3.63, 3.8) is 0 Å². The van der Waals surface area contributed by atoms with Crippen LogP contribution in [0.25, 0.3) is 11.3 Å². The number of hydrogen-bond acceptors (Lipinski definition) is 6. The standard InChI is InChI=1S/C11H12N4O4/c1-18-6-5-13-11(16)10-9(14-19-15(10)17)8-3-2-4-12-7-8/h2-4,7H,5-6H2,1H3,(H,13,16). The third-order valence-electron chi connectivity index (χ3n) is 2.35. The molecule has 2 rings (SSSR count). The summed E-state index contributed by atoms with van der Waals surface area (Å²) in [5.74, 6) is -0.577. The fourth-order valence-corrected chi connectivity index (χ4v) is 1.48. The van der Waals surface area contributed by atoms with Crippen LogP contribution < -0.4 is 10.2 Å². The van der Waals surface area contributed by atoms with E-state index in [4.69, 9.17) is 4.74 Å². The molecule has 100 valence electrons. The monoisotopic (exact) mass is 264 g/mol. The Balaban J connectivity index is 2.25. The second-order valence-corrected chi connectivity index (χ2v) is 3.62. The third kappa shape index (κ3) is 2.86. The number of amides is 1. The summed E-state index contributed by atoms with van der Waals surface area (Å²) >= 11 is 0. The molecule has 0 aliphatic carbocycles. The van der Waals surface area contributed by atoms with E-state index < -0.39 is 5.91 Å². The predicted octanol–water partition coefficient (Wildman–Crippen LogP) is -0.254. The Kier molecular flexibility index (Phi) is 4.04. The smallest absolute Gasteiger partial charge is 0.300 e. The number of methoxy groups -OCH3 is 1. The molecule has 8 nitrogen and oxygen atoms in total. The van der Waals surface area contributed by atoms with Crippen LogP contribution in [0, 0.1) is 5.21 Å². The van der Waals surface area contributed by atoms with Gasteiger partial charge in [0.2, 0.25) is 0 Å². The number of pyridine rings is 1. The van der Waals surface area contributed by atoms with Gasteiger partial charge < -0.3 is 15.3 Å². The van der Waals surface area contributed by atoms with Gasteiger partial charge in [-0.1, -0.05) is 0 Å². The minimum absolute atomic E-state index is 0.0739. The summed E-state index contributed by atoms with van der Waals surface area (Å²) in [5, 5.41) is 17.6. The minimum atomic E-state index is -0.577. The molecule has 2 heterocycles. The second kappa shape index (κ2) is 5.91. The molecule has 0 bridgehead atoms. The lowest BCUT2D eigenvalue weighted by Crippen LogP contribution is -2.38. The maximum absolute atomic E-state index is 11.9. The molecule has 0 saturated heterocycles. The molecule has 0 aliphatic rings. The van der Waals surface area contributed by atoms with Crippen LogP contribution in [0.1, 0.15) is 10.5 Å². The molecule has 1 amide bonds. The van der Waals surface area contributed by atoms with E-state index in [1.807, 2.05) is 0 Å². The summed E-state index contributed by atoms with van der Waals surface area (Å²) < 4.78 is 9.27. The summed E-state index contributed by atoms with van der Waals surface area (Å²) in [6, 6.07) is 3.35. The lowest BCUT2D eigenvalue weighted by molar-refractivity contribution is -0.803. The summed E-state index contributed by atoms with van der Waals surface area (Å²) in [6.45, 7) is 0.630. The Morgan fingerprint density at radius 3 is 3.16 bits per heavy atom. The van der Waals surface area contributed by atoms with Crippen LogP contribution >= 0.6 is 0 Å². The number of nitrogens with zero attached hydrogens (tertiary/aromatic N) is 3. The molecule has 2 aromatic heterocycles. The molecule has 0 unspecified atom stereocenters. The second-order valence-electron chi connectivity index (χ2n) is 3.62. The molecule has 0 atom stereocenters. The number of rotatable bonds is 5. The highest BCUT2D eigenvalue weighted by molar-refractivity contribution is 5.96. The van der Waals surface area contributed by atoms with Crippen LogP contribution in [0.3, 0.4) is 0 Å². The van der Waals surface area contributed by atoms with Gasteiger partial charge in [-0.2, -0.15) is 0 Å². The lowest BCUT2D eigenvalue weighted by Gasteiger charge is -2.02. The molecule has 19 heavy (non-hydrogen) atoms. The van der Waals surface area contributed by atoms with Crippen molar-refractivity contribution in [2.24, 2.45) is 0 Å². The summed E-state index contributed by atoms with van der Waals surface area (Å²) in [5.41, 5.74) is 0.472. The largest absolute Gasteiger partial charge is 0.383 e. The maximum Gasteiger partial charge on any atom is 0.300 e. The summed E-state index contributed by atoms with van der Waals surface area (Å²) in [6.07, 6.45) is 3.07. The van der Waals surface area contributed by atoms with Gasteiger partial charge in [-0.15, -0.1) is 0 Å². The van der Waals surface area contributed by atoms with Crippen LogP contribution in [-0.2, 0) is 4.74 Å². The topological polar surface area (TPSA) is 104 Å².